The summed E-state index contributed by atoms with van der Waals surface area (Å²) in [5.41, 5.74) is 2.94. The molecule has 2 rings (SSSR count). The van der Waals surface area contributed by atoms with Gasteiger partial charge in [0.2, 0.25) is 0 Å². The number of methoxy groups -OCH3 is 1. The van der Waals surface area contributed by atoms with E-state index in [1.165, 1.54) is 30.4 Å². The second-order valence-electron chi connectivity index (χ2n) is 4.97. The molecule has 0 unspecified atom stereocenters. The van der Waals surface area contributed by atoms with E-state index in [9.17, 15) is 0 Å². The maximum absolute atomic E-state index is 6.24. The lowest BCUT2D eigenvalue weighted by molar-refractivity contribution is 0.237. The Hall–Kier alpha value is -0.730. The molecule has 0 saturated heterocycles. The van der Waals surface area contributed by atoms with E-state index in [2.05, 4.69) is 18.3 Å². The van der Waals surface area contributed by atoms with Gasteiger partial charge in [0, 0.05) is 12.0 Å². The van der Waals surface area contributed by atoms with Gasteiger partial charge in [-0.3, -0.25) is 0 Å². The maximum Gasteiger partial charge on any atom is 0.137 e. The van der Waals surface area contributed by atoms with Gasteiger partial charge in [-0.2, -0.15) is 0 Å². The Morgan fingerprint density at radius 2 is 2.12 bits per heavy atom. The molecule has 1 saturated carbocycles. The van der Waals surface area contributed by atoms with Gasteiger partial charge < -0.3 is 10.1 Å². The standard InChI is InChI=1S/C14H20ClNO/c1-10-7-13(17-3)12(15)8-11(10)14(9-16-2)5-4-6-14/h7-8,16H,4-6,9H2,1-3H3. The fraction of sp³-hybridized carbons (Fsp3) is 0.571. The van der Waals surface area contributed by atoms with Crippen molar-refractivity contribution in [2.75, 3.05) is 20.7 Å². The normalized spacial score (nSPS) is 17.6. The van der Waals surface area contributed by atoms with E-state index < -0.39 is 0 Å². The third-order valence-electron chi connectivity index (χ3n) is 3.90. The number of hydrogen-bond acceptors (Lipinski definition) is 2. The average molecular weight is 254 g/mol. The SMILES string of the molecule is CNCC1(c2cc(Cl)c(OC)cc2C)CCC1. The van der Waals surface area contributed by atoms with Crippen LogP contribution in [0.4, 0.5) is 0 Å². The first-order chi connectivity index (χ1) is 8.13. The number of hydrogen-bond donors (Lipinski definition) is 1. The van der Waals surface area contributed by atoms with Crippen LogP contribution in [-0.2, 0) is 5.41 Å². The third-order valence-corrected chi connectivity index (χ3v) is 4.19. The minimum Gasteiger partial charge on any atom is -0.495 e. The number of ether oxygens (including phenoxy) is 1. The zero-order valence-corrected chi connectivity index (χ0v) is 11.5. The number of halogens is 1. The van der Waals surface area contributed by atoms with E-state index in [1.807, 2.05) is 13.1 Å². The molecule has 3 heteroatoms. The largest absolute Gasteiger partial charge is 0.495 e. The Balaban J connectivity index is 2.41. The molecule has 1 fully saturated rings. The first-order valence-corrected chi connectivity index (χ1v) is 6.50. The van der Waals surface area contributed by atoms with Crippen LogP contribution in [0.3, 0.4) is 0 Å². The average Bonchev–Trinajstić information content (AvgIpc) is 2.26. The Bertz CT molecular complexity index is 413. The topological polar surface area (TPSA) is 21.3 Å². The van der Waals surface area contributed by atoms with Gasteiger partial charge in [0.25, 0.3) is 0 Å². The van der Waals surface area contributed by atoms with Gasteiger partial charge in [-0.25, -0.2) is 0 Å². The second-order valence-corrected chi connectivity index (χ2v) is 5.37. The van der Waals surface area contributed by atoms with Crippen LogP contribution < -0.4 is 10.1 Å². The van der Waals surface area contributed by atoms with Crippen LogP contribution in [-0.4, -0.2) is 20.7 Å². The first kappa shape index (κ1) is 12.7. The summed E-state index contributed by atoms with van der Waals surface area (Å²) in [6, 6.07) is 4.14. The molecule has 2 nitrogen and oxygen atoms in total. The Morgan fingerprint density at radius 1 is 1.41 bits per heavy atom. The van der Waals surface area contributed by atoms with Crippen LogP contribution in [0.25, 0.3) is 0 Å². The van der Waals surface area contributed by atoms with Crippen molar-refractivity contribution >= 4 is 11.6 Å². The van der Waals surface area contributed by atoms with Crippen molar-refractivity contribution < 1.29 is 4.74 Å². The van der Waals surface area contributed by atoms with Crippen LogP contribution in [0.2, 0.25) is 5.02 Å². The van der Waals surface area contributed by atoms with Crippen LogP contribution in [0, 0.1) is 6.92 Å². The molecule has 1 N–H and O–H groups in total. The highest BCUT2D eigenvalue weighted by molar-refractivity contribution is 6.32. The molecule has 0 spiro atoms. The van der Waals surface area contributed by atoms with E-state index in [0.717, 1.165) is 17.3 Å². The molecule has 0 aromatic heterocycles. The predicted octanol–water partition coefficient (Wildman–Crippen LogP) is 3.30. The number of likely N-dealkylation sites (N-methyl/N-ethyl adjacent to an activating group) is 1. The van der Waals surface area contributed by atoms with Crippen LogP contribution in [0.15, 0.2) is 12.1 Å². The van der Waals surface area contributed by atoms with Crippen LogP contribution >= 0.6 is 11.6 Å². The van der Waals surface area contributed by atoms with Crippen molar-refractivity contribution in [3.63, 3.8) is 0 Å². The van der Waals surface area contributed by atoms with E-state index in [4.69, 9.17) is 16.3 Å². The minimum absolute atomic E-state index is 0.286. The smallest absolute Gasteiger partial charge is 0.137 e. The van der Waals surface area contributed by atoms with Crippen molar-refractivity contribution in [1.82, 2.24) is 5.32 Å². The molecule has 0 bridgehead atoms. The molecule has 94 valence electrons. The van der Waals surface area contributed by atoms with Crippen molar-refractivity contribution in [3.8, 4) is 5.75 Å². The first-order valence-electron chi connectivity index (χ1n) is 6.12. The molecule has 1 aliphatic rings. The van der Waals surface area contributed by atoms with Gasteiger partial charge in [0.1, 0.15) is 5.75 Å². The van der Waals surface area contributed by atoms with E-state index in [0.29, 0.717) is 0 Å². The highest BCUT2D eigenvalue weighted by Crippen LogP contribution is 2.46. The fourth-order valence-corrected chi connectivity index (χ4v) is 3.11. The molecule has 0 amide bonds. The summed E-state index contributed by atoms with van der Waals surface area (Å²) in [7, 11) is 3.67. The molecule has 0 aliphatic heterocycles. The predicted molar refractivity (Wildman–Crippen MR) is 72.2 cm³/mol. The highest BCUT2D eigenvalue weighted by Gasteiger charge is 2.39. The highest BCUT2D eigenvalue weighted by atomic mass is 35.5. The fourth-order valence-electron chi connectivity index (χ4n) is 2.87. The van der Waals surface area contributed by atoms with Crippen molar-refractivity contribution in [1.29, 1.82) is 0 Å². The van der Waals surface area contributed by atoms with Crippen molar-refractivity contribution in [2.24, 2.45) is 0 Å². The van der Waals surface area contributed by atoms with E-state index >= 15 is 0 Å². The Kier molecular flexibility index (Phi) is 3.64. The van der Waals surface area contributed by atoms with Gasteiger partial charge in [0.05, 0.1) is 12.1 Å². The summed E-state index contributed by atoms with van der Waals surface area (Å²) < 4.78 is 5.26. The molecule has 1 aromatic rings. The summed E-state index contributed by atoms with van der Waals surface area (Å²) >= 11 is 6.24. The molecular formula is C14H20ClNO. The summed E-state index contributed by atoms with van der Waals surface area (Å²) in [6.07, 6.45) is 3.81. The quantitative estimate of drug-likeness (QED) is 0.889. The van der Waals surface area contributed by atoms with Gasteiger partial charge in [-0.15, -0.1) is 0 Å². The molecule has 0 atom stereocenters. The summed E-state index contributed by atoms with van der Waals surface area (Å²) in [5, 5.41) is 4.03. The van der Waals surface area contributed by atoms with Crippen molar-refractivity contribution in [3.05, 3.63) is 28.3 Å². The molecule has 1 aromatic carbocycles. The molecular weight excluding hydrogens is 234 g/mol. The summed E-state index contributed by atoms with van der Waals surface area (Å²) in [4.78, 5) is 0. The number of benzene rings is 1. The van der Waals surface area contributed by atoms with Gasteiger partial charge in [-0.05, 0) is 50.1 Å². The maximum atomic E-state index is 6.24. The summed E-state index contributed by atoms with van der Waals surface area (Å²) in [6.45, 7) is 3.17. The summed E-state index contributed by atoms with van der Waals surface area (Å²) in [5.74, 6) is 0.770. The number of aryl methyl sites for hydroxylation is 1. The number of rotatable bonds is 4. The van der Waals surface area contributed by atoms with Gasteiger partial charge in [-0.1, -0.05) is 18.0 Å². The molecule has 0 radical (unpaired) electrons. The van der Waals surface area contributed by atoms with Gasteiger partial charge in [0.15, 0.2) is 0 Å². The van der Waals surface area contributed by atoms with E-state index in [-0.39, 0.29) is 5.41 Å². The monoisotopic (exact) mass is 253 g/mol. The lowest BCUT2D eigenvalue weighted by Crippen LogP contribution is -2.43. The molecule has 17 heavy (non-hydrogen) atoms. The van der Waals surface area contributed by atoms with Crippen LogP contribution in [0.5, 0.6) is 5.75 Å². The lowest BCUT2D eigenvalue weighted by Gasteiger charge is -2.43. The zero-order valence-electron chi connectivity index (χ0n) is 10.8. The molecule has 1 aliphatic carbocycles. The minimum atomic E-state index is 0.286. The second kappa shape index (κ2) is 4.87. The van der Waals surface area contributed by atoms with Crippen LogP contribution in [0.1, 0.15) is 30.4 Å². The lowest BCUT2D eigenvalue weighted by atomic mass is 9.63. The van der Waals surface area contributed by atoms with Gasteiger partial charge >= 0.3 is 0 Å². The van der Waals surface area contributed by atoms with E-state index in [1.54, 1.807) is 7.11 Å². The Labute approximate surface area is 108 Å². The molecule has 0 heterocycles. The zero-order chi connectivity index (χ0) is 12.5. The third kappa shape index (κ3) is 2.16. The van der Waals surface area contributed by atoms with Crippen molar-refractivity contribution in [2.45, 2.75) is 31.6 Å². The number of nitrogens with one attached hydrogen (secondary N) is 1. The Morgan fingerprint density at radius 3 is 2.59 bits per heavy atom.